The highest BCUT2D eigenvalue weighted by Gasteiger charge is 2.40. The third-order valence-corrected chi connectivity index (χ3v) is 3.72. The Hall–Kier alpha value is -0.870. The molecule has 1 aromatic rings. The lowest BCUT2D eigenvalue weighted by Crippen LogP contribution is -2.63. The molecule has 1 unspecified atom stereocenters. The van der Waals surface area contributed by atoms with Gasteiger partial charge in [0.05, 0.1) is 17.8 Å². The second-order valence-corrected chi connectivity index (χ2v) is 4.74. The molecule has 0 aromatic carbocycles. The van der Waals surface area contributed by atoms with Gasteiger partial charge in [0.15, 0.2) is 0 Å². The Balaban J connectivity index is 1.92. The Morgan fingerprint density at radius 2 is 2.40 bits per heavy atom. The van der Waals surface area contributed by atoms with E-state index in [9.17, 15) is 0 Å². The molecule has 0 saturated carbocycles. The molecule has 15 heavy (non-hydrogen) atoms. The van der Waals surface area contributed by atoms with E-state index in [0.717, 1.165) is 32.7 Å². The van der Waals surface area contributed by atoms with Crippen molar-refractivity contribution in [1.82, 2.24) is 20.0 Å². The fourth-order valence-corrected chi connectivity index (χ4v) is 2.66. The Labute approximate surface area is 90.3 Å². The molecule has 1 fully saturated rings. The second-order valence-electron chi connectivity index (χ2n) is 4.74. The van der Waals surface area contributed by atoms with Crippen LogP contribution in [0.25, 0.3) is 0 Å². The molecule has 1 spiro atoms. The molecule has 1 aromatic heterocycles. The number of nitrogens with zero attached hydrogens (tertiary/aromatic N) is 3. The van der Waals surface area contributed by atoms with Crippen LogP contribution in [-0.4, -0.2) is 39.9 Å². The molecule has 1 atom stereocenters. The van der Waals surface area contributed by atoms with E-state index < -0.39 is 0 Å². The molecule has 0 amide bonds. The normalized spacial score (nSPS) is 31.0. The minimum absolute atomic E-state index is 0.299. The zero-order valence-corrected chi connectivity index (χ0v) is 9.24. The summed E-state index contributed by atoms with van der Waals surface area (Å²) < 4.78 is 2.17. The smallest absolute Gasteiger partial charge is 0.0608 e. The molecular formula is C11H18N4. The predicted octanol–water partition coefficient (Wildman–Crippen LogP) is 0.451. The highest BCUT2D eigenvalue weighted by Crippen LogP contribution is 2.26. The van der Waals surface area contributed by atoms with Gasteiger partial charge in [-0.1, -0.05) is 6.92 Å². The molecule has 3 rings (SSSR count). The van der Waals surface area contributed by atoms with Gasteiger partial charge < -0.3 is 5.32 Å². The van der Waals surface area contributed by atoms with E-state index in [1.165, 1.54) is 12.1 Å². The van der Waals surface area contributed by atoms with E-state index in [1.54, 1.807) is 0 Å². The largest absolute Gasteiger partial charge is 0.308 e. The van der Waals surface area contributed by atoms with Gasteiger partial charge in [0.25, 0.3) is 0 Å². The molecule has 82 valence electrons. The zero-order chi connectivity index (χ0) is 10.3. The van der Waals surface area contributed by atoms with Crippen molar-refractivity contribution in [2.24, 2.45) is 0 Å². The lowest BCUT2D eigenvalue weighted by Gasteiger charge is -2.44. The van der Waals surface area contributed by atoms with Gasteiger partial charge in [0.1, 0.15) is 0 Å². The van der Waals surface area contributed by atoms with Gasteiger partial charge in [-0.3, -0.25) is 9.58 Å². The van der Waals surface area contributed by atoms with Crippen molar-refractivity contribution in [3.05, 3.63) is 18.0 Å². The maximum absolute atomic E-state index is 4.41. The van der Waals surface area contributed by atoms with Gasteiger partial charge >= 0.3 is 0 Å². The molecular weight excluding hydrogens is 188 g/mol. The number of aromatic nitrogens is 2. The van der Waals surface area contributed by atoms with Crippen molar-refractivity contribution in [2.45, 2.75) is 32.0 Å². The summed E-state index contributed by atoms with van der Waals surface area (Å²) in [7, 11) is 0. The molecule has 3 heterocycles. The van der Waals surface area contributed by atoms with Crippen LogP contribution in [-0.2, 0) is 13.1 Å². The van der Waals surface area contributed by atoms with Crippen molar-refractivity contribution in [2.75, 3.05) is 19.6 Å². The molecule has 2 aliphatic rings. The molecule has 4 nitrogen and oxygen atoms in total. The lowest BCUT2D eigenvalue weighted by molar-refractivity contribution is 0.115. The van der Waals surface area contributed by atoms with E-state index >= 15 is 0 Å². The van der Waals surface area contributed by atoms with Crippen molar-refractivity contribution in [3.63, 3.8) is 0 Å². The van der Waals surface area contributed by atoms with Gasteiger partial charge in [0, 0.05) is 19.3 Å². The Morgan fingerprint density at radius 3 is 3.07 bits per heavy atom. The Kier molecular flexibility index (Phi) is 2.07. The number of likely N-dealkylation sites (N-methyl/N-ethyl adjacent to an activating group) is 1. The van der Waals surface area contributed by atoms with Crippen molar-refractivity contribution in [3.8, 4) is 0 Å². The Bertz CT molecular complexity index is 353. The van der Waals surface area contributed by atoms with Crippen LogP contribution in [0.15, 0.2) is 12.3 Å². The van der Waals surface area contributed by atoms with Crippen LogP contribution < -0.4 is 5.32 Å². The molecule has 4 heteroatoms. The fraction of sp³-hybridized carbons (Fsp3) is 0.727. The summed E-state index contributed by atoms with van der Waals surface area (Å²) in [5.41, 5.74) is 1.65. The van der Waals surface area contributed by atoms with Crippen molar-refractivity contribution >= 4 is 0 Å². The van der Waals surface area contributed by atoms with Crippen molar-refractivity contribution in [1.29, 1.82) is 0 Å². The summed E-state index contributed by atoms with van der Waals surface area (Å²) >= 11 is 0. The first kappa shape index (κ1) is 9.36. The predicted molar refractivity (Wildman–Crippen MR) is 58.5 cm³/mol. The number of hydrogen-bond donors (Lipinski definition) is 1. The summed E-state index contributed by atoms with van der Waals surface area (Å²) in [5.74, 6) is 0. The summed E-state index contributed by atoms with van der Waals surface area (Å²) in [6, 6.07) is 2.14. The SMILES string of the molecule is CCN1Cc2ccnn2CC2(CCN2)C1. The van der Waals surface area contributed by atoms with Crippen LogP contribution in [0.3, 0.4) is 0 Å². The number of rotatable bonds is 1. The molecule has 2 aliphatic heterocycles. The zero-order valence-electron chi connectivity index (χ0n) is 9.24. The molecule has 1 N–H and O–H groups in total. The van der Waals surface area contributed by atoms with Gasteiger partial charge in [-0.15, -0.1) is 0 Å². The van der Waals surface area contributed by atoms with Crippen LogP contribution in [0.5, 0.6) is 0 Å². The monoisotopic (exact) mass is 206 g/mol. The summed E-state index contributed by atoms with van der Waals surface area (Å²) in [6.07, 6.45) is 3.20. The van der Waals surface area contributed by atoms with E-state index in [2.05, 4.69) is 33.0 Å². The van der Waals surface area contributed by atoms with Crippen LogP contribution >= 0.6 is 0 Å². The maximum Gasteiger partial charge on any atom is 0.0608 e. The Morgan fingerprint density at radius 1 is 1.53 bits per heavy atom. The summed E-state index contributed by atoms with van der Waals surface area (Å²) in [5, 5.41) is 8.01. The highest BCUT2D eigenvalue weighted by molar-refractivity contribution is 5.08. The minimum Gasteiger partial charge on any atom is -0.308 e. The topological polar surface area (TPSA) is 33.1 Å². The first-order valence-corrected chi connectivity index (χ1v) is 5.79. The van der Waals surface area contributed by atoms with Crippen LogP contribution in [0.4, 0.5) is 0 Å². The molecule has 0 bridgehead atoms. The van der Waals surface area contributed by atoms with Crippen molar-refractivity contribution < 1.29 is 0 Å². The average molecular weight is 206 g/mol. The summed E-state index contributed by atoms with van der Waals surface area (Å²) in [4.78, 5) is 2.51. The van der Waals surface area contributed by atoms with Gasteiger partial charge in [-0.25, -0.2) is 0 Å². The highest BCUT2D eigenvalue weighted by atomic mass is 15.3. The van der Waals surface area contributed by atoms with Crippen LogP contribution in [0.1, 0.15) is 19.0 Å². The first-order valence-electron chi connectivity index (χ1n) is 5.79. The maximum atomic E-state index is 4.41. The van der Waals surface area contributed by atoms with Gasteiger partial charge in [-0.2, -0.15) is 5.10 Å². The molecule has 1 saturated heterocycles. The van der Waals surface area contributed by atoms with Gasteiger partial charge in [-0.05, 0) is 25.6 Å². The van der Waals surface area contributed by atoms with Crippen LogP contribution in [0, 0.1) is 0 Å². The number of nitrogens with one attached hydrogen (secondary N) is 1. The quantitative estimate of drug-likeness (QED) is 0.724. The number of hydrogen-bond acceptors (Lipinski definition) is 3. The van der Waals surface area contributed by atoms with E-state index in [0.29, 0.717) is 5.54 Å². The standard InChI is InChI=1S/C11H18N4/c1-2-14-7-10-3-5-13-15(10)9-11(8-14)4-6-12-11/h3,5,12H,2,4,6-9H2,1H3. The molecule has 0 aliphatic carbocycles. The second kappa shape index (κ2) is 3.32. The van der Waals surface area contributed by atoms with Crippen LogP contribution in [0.2, 0.25) is 0 Å². The average Bonchev–Trinajstić information content (AvgIpc) is 2.54. The first-order chi connectivity index (χ1) is 7.31. The fourth-order valence-electron chi connectivity index (χ4n) is 2.66. The third kappa shape index (κ3) is 1.48. The third-order valence-electron chi connectivity index (χ3n) is 3.72. The molecule has 0 radical (unpaired) electrons. The van der Waals surface area contributed by atoms with E-state index in [4.69, 9.17) is 0 Å². The van der Waals surface area contributed by atoms with Gasteiger partial charge in [0.2, 0.25) is 0 Å². The lowest BCUT2D eigenvalue weighted by atomic mass is 9.87. The minimum atomic E-state index is 0.299. The summed E-state index contributed by atoms with van der Waals surface area (Å²) in [6.45, 7) is 7.75. The van der Waals surface area contributed by atoms with E-state index in [-0.39, 0.29) is 0 Å². The van der Waals surface area contributed by atoms with E-state index in [1.807, 2.05) is 6.20 Å². The number of fused-ring (bicyclic) bond motifs is 1.